The Balaban J connectivity index is 1.57. The molecule has 0 spiro atoms. The summed E-state index contributed by atoms with van der Waals surface area (Å²) >= 11 is 9.41. The zero-order chi connectivity index (χ0) is 23.7. The molecule has 0 fully saturated rings. The number of thioether (sulfide) groups is 1. The summed E-state index contributed by atoms with van der Waals surface area (Å²) in [5, 5.41) is 15.9. The molecular weight excluding hydrogens is 476 g/mol. The maximum Gasteiger partial charge on any atom is 0.230 e. The number of rotatable bonds is 6. The lowest BCUT2D eigenvalue weighted by molar-refractivity contribution is -0.115. The third-order valence-corrected chi connectivity index (χ3v) is 7.15. The van der Waals surface area contributed by atoms with Crippen molar-refractivity contribution in [2.75, 3.05) is 4.90 Å². The maximum absolute atomic E-state index is 12.5. The van der Waals surface area contributed by atoms with Crippen LogP contribution in [0.1, 0.15) is 34.9 Å². The molecule has 0 unspecified atom stereocenters. The SMILES string of the molecule is CC(=O)N(c1nc(CSc2nnnn2-c2ccc(C)cc2C)cs1)c1c(C)cc(C)cc1Cl. The van der Waals surface area contributed by atoms with Crippen LogP contribution in [-0.4, -0.2) is 31.1 Å². The molecule has 10 heteroatoms. The lowest BCUT2D eigenvalue weighted by atomic mass is 10.1. The van der Waals surface area contributed by atoms with E-state index in [0.717, 1.165) is 28.1 Å². The van der Waals surface area contributed by atoms with Gasteiger partial charge in [-0.05, 0) is 66.9 Å². The lowest BCUT2D eigenvalue weighted by Crippen LogP contribution is -2.24. The van der Waals surface area contributed by atoms with E-state index in [0.29, 0.717) is 26.8 Å². The predicted molar refractivity (Wildman–Crippen MR) is 134 cm³/mol. The summed E-state index contributed by atoms with van der Waals surface area (Å²) in [6, 6.07) is 10.0. The van der Waals surface area contributed by atoms with Crippen LogP contribution in [-0.2, 0) is 10.5 Å². The molecule has 1 amide bonds. The fraction of sp³-hybridized carbons (Fsp3) is 0.261. The Morgan fingerprint density at radius 3 is 2.58 bits per heavy atom. The number of amides is 1. The van der Waals surface area contributed by atoms with Gasteiger partial charge in [0.05, 0.1) is 22.1 Å². The molecule has 2 aromatic carbocycles. The van der Waals surface area contributed by atoms with E-state index >= 15 is 0 Å². The van der Waals surface area contributed by atoms with E-state index in [-0.39, 0.29) is 5.91 Å². The van der Waals surface area contributed by atoms with Gasteiger partial charge < -0.3 is 0 Å². The first-order valence-corrected chi connectivity index (χ1v) is 12.5. The molecule has 0 aliphatic heterocycles. The van der Waals surface area contributed by atoms with Gasteiger partial charge in [0.25, 0.3) is 0 Å². The number of tetrazole rings is 1. The minimum Gasteiger partial charge on any atom is -0.274 e. The first kappa shape index (κ1) is 23.4. The lowest BCUT2D eigenvalue weighted by Gasteiger charge is -2.22. The van der Waals surface area contributed by atoms with Crippen LogP contribution in [0.15, 0.2) is 40.9 Å². The second kappa shape index (κ2) is 9.62. The fourth-order valence-electron chi connectivity index (χ4n) is 3.65. The maximum atomic E-state index is 12.5. The number of carbonyl (C=O) groups is 1. The zero-order valence-electron chi connectivity index (χ0n) is 19.0. The van der Waals surface area contributed by atoms with Crippen LogP contribution in [0.25, 0.3) is 5.69 Å². The van der Waals surface area contributed by atoms with Crippen molar-refractivity contribution in [2.24, 2.45) is 0 Å². The minimum absolute atomic E-state index is 0.142. The Morgan fingerprint density at radius 1 is 1.12 bits per heavy atom. The van der Waals surface area contributed by atoms with Gasteiger partial charge in [-0.1, -0.05) is 47.1 Å². The molecule has 4 rings (SSSR count). The van der Waals surface area contributed by atoms with Crippen LogP contribution in [0.2, 0.25) is 5.02 Å². The highest BCUT2D eigenvalue weighted by molar-refractivity contribution is 7.98. The second-order valence-corrected chi connectivity index (χ2v) is 10.0. The van der Waals surface area contributed by atoms with Crippen molar-refractivity contribution < 1.29 is 4.79 Å². The monoisotopic (exact) mass is 498 g/mol. The van der Waals surface area contributed by atoms with E-state index in [1.165, 1.54) is 35.6 Å². The summed E-state index contributed by atoms with van der Waals surface area (Å²) < 4.78 is 1.74. The number of hydrogen-bond donors (Lipinski definition) is 0. The molecule has 0 aliphatic rings. The van der Waals surface area contributed by atoms with Crippen LogP contribution in [0, 0.1) is 27.7 Å². The molecule has 7 nitrogen and oxygen atoms in total. The fourth-order valence-corrected chi connectivity index (χ4v) is 5.81. The number of thiazole rings is 1. The highest BCUT2D eigenvalue weighted by Crippen LogP contribution is 2.38. The van der Waals surface area contributed by atoms with Crippen molar-refractivity contribution in [3.63, 3.8) is 0 Å². The van der Waals surface area contributed by atoms with Gasteiger partial charge in [0.15, 0.2) is 5.13 Å². The Kier molecular flexibility index (Phi) is 6.83. The van der Waals surface area contributed by atoms with Crippen LogP contribution < -0.4 is 4.90 Å². The van der Waals surface area contributed by atoms with Crippen molar-refractivity contribution >= 4 is 51.4 Å². The molecule has 4 aromatic rings. The second-order valence-electron chi connectivity index (χ2n) is 7.84. The van der Waals surface area contributed by atoms with Crippen LogP contribution in [0.5, 0.6) is 0 Å². The molecule has 170 valence electrons. The van der Waals surface area contributed by atoms with Gasteiger partial charge in [-0.25, -0.2) is 4.98 Å². The van der Waals surface area contributed by atoms with E-state index < -0.39 is 0 Å². The molecule has 0 aliphatic carbocycles. The summed E-state index contributed by atoms with van der Waals surface area (Å²) in [5.74, 6) is 0.421. The van der Waals surface area contributed by atoms with Gasteiger partial charge in [-0.3, -0.25) is 9.69 Å². The summed E-state index contributed by atoms with van der Waals surface area (Å²) in [5.41, 5.74) is 6.70. The Hall–Kier alpha value is -2.75. The van der Waals surface area contributed by atoms with Crippen LogP contribution in [0.3, 0.4) is 0 Å². The highest BCUT2D eigenvalue weighted by atomic mass is 35.5. The summed E-state index contributed by atoms with van der Waals surface area (Å²) in [7, 11) is 0. The third kappa shape index (κ3) is 4.95. The smallest absolute Gasteiger partial charge is 0.230 e. The average Bonchev–Trinajstić information content (AvgIpc) is 3.38. The molecule has 2 aromatic heterocycles. The summed E-state index contributed by atoms with van der Waals surface area (Å²) in [4.78, 5) is 18.8. The Bertz CT molecular complexity index is 1310. The van der Waals surface area contributed by atoms with E-state index in [4.69, 9.17) is 16.6 Å². The zero-order valence-corrected chi connectivity index (χ0v) is 21.3. The van der Waals surface area contributed by atoms with Gasteiger partial charge in [0.1, 0.15) is 0 Å². The molecule has 0 N–H and O–H groups in total. The Morgan fingerprint density at radius 2 is 1.88 bits per heavy atom. The van der Waals surface area contributed by atoms with E-state index in [2.05, 4.69) is 28.5 Å². The van der Waals surface area contributed by atoms with Crippen molar-refractivity contribution in [3.8, 4) is 5.69 Å². The van der Waals surface area contributed by atoms with Crippen molar-refractivity contribution in [1.29, 1.82) is 0 Å². The van der Waals surface area contributed by atoms with E-state index in [1.807, 2.05) is 50.4 Å². The first-order chi connectivity index (χ1) is 15.7. The summed E-state index contributed by atoms with van der Waals surface area (Å²) in [6.07, 6.45) is 0. The summed E-state index contributed by atoms with van der Waals surface area (Å²) in [6.45, 7) is 9.54. The predicted octanol–water partition coefficient (Wildman–Crippen LogP) is 5.98. The van der Waals surface area contributed by atoms with Crippen LogP contribution >= 0.6 is 34.7 Å². The number of hydrogen-bond acceptors (Lipinski definition) is 7. The average molecular weight is 499 g/mol. The highest BCUT2D eigenvalue weighted by Gasteiger charge is 2.23. The van der Waals surface area contributed by atoms with Crippen LogP contribution in [0.4, 0.5) is 10.8 Å². The molecule has 0 radical (unpaired) electrons. The minimum atomic E-state index is -0.142. The normalized spacial score (nSPS) is 11.1. The molecule has 0 bridgehead atoms. The molecule has 0 atom stereocenters. The molecule has 0 saturated carbocycles. The topological polar surface area (TPSA) is 76.8 Å². The van der Waals surface area contributed by atoms with Gasteiger partial charge in [-0.15, -0.1) is 16.4 Å². The third-order valence-electron chi connectivity index (χ3n) is 5.04. The van der Waals surface area contributed by atoms with Gasteiger partial charge in [0.2, 0.25) is 11.1 Å². The number of aromatic nitrogens is 5. The van der Waals surface area contributed by atoms with Crippen molar-refractivity contribution in [2.45, 2.75) is 45.5 Å². The number of nitrogens with zero attached hydrogens (tertiary/aromatic N) is 6. The number of anilines is 2. The number of carbonyl (C=O) groups excluding carboxylic acids is 1. The largest absolute Gasteiger partial charge is 0.274 e. The van der Waals surface area contributed by atoms with E-state index in [9.17, 15) is 4.79 Å². The molecule has 0 saturated heterocycles. The van der Waals surface area contributed by atoms with Gasteiger partial charge in [0, 0.05) is 18.1 Å². The van der Waals surface area contributed by atoms with Gasteiger partial charge >= 0.3 is 0 Å². The number of aryl methyl sites for hydroxylation is 4. The first-order valence-electron chi connectivity index (χ1n) is 10.2. The quantitative estimate of drug-likeness (QED) is 0.304. The molecular formula is C23H23ClN6OS2. The van der Waals surface area contributed by atoms with Crippen molar-refractivity contribution in [3.05, 3.63) is 68.7 Å². The molecule has 33 heavy (non-hydrogen) atoms. The number of halogens is 1. The van der Waals surface area contributed by atoms with E-state index in [1.54, 1.807) is 9.58 Å². The Labute approximate surface area is 205 Å². The van der Waals surface area contributed by atoms with Crippen molar-refractivity contribution in [1.82, 2.24) is 25.2 Å². The van der Waals surface area contributed by atoms with Gasteiger partial charge in [-0.2, -0.15) is 4.68 Å². The molecule has 2 heterocycles. The number of benzene rings is 2. The standard InChI is InChI=1S/C23H23ClN6OS2/c1-13-6-7-20(15(3)8-13)30-23(26-27-28-30)33-12-18-11-32-22(25-18)29(17(5)31)21-16(4)9-14(2)10-19(21)24/h6-11H,12H2,1-5H3.